The Morgan fingerprint density at radius 1 is 1.33 bits per heavy atom. The van der Waals surface area contributed by atoms with E-state index < -0.39 is 14.9 Å². The van der Waals surface area contributed by atoms with E-state index in [2.05, 4.69) is 10.0 Å². The first kappa shape index (κ1) is 17.4. The molecule has 21 heavy (non-hydrogen) atoms. The molecule has 7 nitrogen and oxygen atoms in total. The zero-order chi connectivity index (χ0) is 16.2. The highest BCUT2D eigenvalue weighted by molar-refractivity contribution is 7.89. The van der Waals surface area contributed by atoms with Gasteiger partial charge in [0, 0.05) is 19.2 Å². The van der Waals surface area contributed by atoms with Crippen molar-refractivity contribution in [3.05, 3.63) is 28.3 Å². The standard InChI is InChI=1S/C13H21N3O4S/c1-5-11(9(2)3)15-21(19,20)10-6-7-12(14-4)13(8-10)16(17)18/h6-9,11,14-15H,5H2,1-4H3. The predicted molar refractivity (Wildman–Crippen MR) is 81.9 cm³/mol. The normalized spacial score (nSPS) is 13.2. The van der Waals surface area contributed by atoms with Crippen molar-refractivity contribution in [2.24, 2.45) is 5.92 Å². The van der Waals surface area contributed by atoms with Crippen LogP contribution < -0.4 is 10.0 Å². The zero-order valence-corrected chi connectivity index (χ0v) is 13.4. The summed E-state index contributed by atoms with van der Waals surface area (Å²) in [5.41, 5.74) is 0.00724. The van der Waals surface area contributed by atoms with Gasteiger partial charge in [-0.2, -0.15) is 0 Å². The first-order valence-corrected chi connectivity index (χ1v) is 8.19. The number of nitrogens with one attached hydrogen (secondary N) is 2. The molecule has 0 radical (unpaired) electrons. The van der Waals surface area contributed by atoms with Crippen LogP contribution >= 0.6 is 0 Å². The van der Waals surface area contributed by atoms with E-state index in [1.807, 2.05) is 20.8 Å². The number of hydrogen-bond donors (Lipinski definition) is 2. The fraction of sp³-hybridized carbons (Fsp3) is 0.538. The lowest BCUT2D eigenvalue weighted by Crippen LogP contribution is -2.37. The van der Waals surface area contributed by atoms with Crippen LogP contribution in [-0.2, 0) is 10.0 Å². The number of sulfonamides is 1. The van der Waals surface area contributed by atoms with Gasteiger partial charge in [-0.3, -0.25) is 10.1 Å². The van der Waals surface area contributed by atoms with Crippen molar-refractivity contribution in [3.63, 3.8) is 0 Å². The molecule has 0 aromatic heterocycles. The molecule has 0 fully saturated rings. The second-order valence-electron chi connectivity index (χ2n) is 5.07. The van der Waals surface area contributed by atoms with Crippen molar-refractivity contribution in [3.8, 4) is 0 Å². The summed E-state index contributed by atoms with van der Waals surface area (Å²) in [7, 11) is -2.24. The molecule has 1 unspecified atom stereocenters. The Morgan fingerprint density at radius 3 is 2.38 bits per heavy atom. The average molecular weight is 315 g/mol. The summed E-state index contributed by atoms with van der Waals surface area (Å²) in [6.45, 7) is 5.73. The maximum atomic E-state index is 12.3. The highest BCUT2D eigenvalue weighted by atomic mass is 32.2. The highest BCUT2D eigenvalue weighted by Crippen LogP contribution is 2.27. The van der Waals surface area contributed by atoms with Crippen LogP contribution in [0, 0.1) is 16.0 Å². The molecule has 1 atom stereocenters. The van der Waals surface area contributed by atoms with E-state index in [4.69, 9.17) is 0 Å². The van der Waals surface area contributed by atoms with Crippen molar-refractivity contribution in [1.82, 2.24) is 4.72 Å². The largest absolute Gasteiger partial charge is 0.383 e. The van der Waals surface area contributed by atoms with Crippen molar-refractivity contribution < 1.29 is 13.3 Å². The van der Waals surface area contributed by atoms with Crippen molar-refractivity contribution in [2.45, 2.75) is 38.1 Å². The van der Waals surface area contributed by atoms with Crippen molar-refractivity contribution >= 4 is 21.4 Å². The minimum atomic E-state index is -3.78. The fourth-order valence-corrected chi connectivity index (χ4v) is 3.49. The molecular weight excluding hydrogens is 294 g/mol. The molecule has 0 spiro atoms. The molecule has 1 rings (SSSR count). The lowest BCUT2D eigenvalue weighted by molar-refractivity contribution is -0.384. The molecule has 0 amide bonds. The van der Waals surface area contributed by atoms with Gasteiger partial charge in [0.15, 0.2) is 0 Å². The lowest BCUT2D eigenvalue weighted by atomic mass is 10.0. The van der Waals surface area contributed by atoms with Gasteiger partial charge in [-0.25, -0.2) is 13.1 Å². The van der Waals surface area contributed by atoms with Gasteiger partial charge < -0.3 is 5.32 Å². The Balaban J connectivity index is 3.20. The summed E-state index contributed by atoms with van der Waals surface area (Å²) in [6.07, 6.45) is 0.646. The van der Waals surface area contributed by atoms with E-state index in [1.165, 1.54) is 12.1 Å². The third kappa shape index (κ3) is 4.15. The van der Waals surface area contributed by atoms with E-state index in [-0.39, 0.29) is 28.2 Å². The molecule has 8 heteroatoms. The summed E-state index contributed by atoms with van der Waals surface area (Å²) in [6, 6.07) is 3.61. The van der Waals surface area contributed by atoms with Crippen LogP contribution in [-0.4, -0.2) is 26.4 Å². The molecule has 0 aliphatic carbocycles. The number of rotatable bonds is 7. The minimum absolute atomic E-state index is 0.104. The molecule has 0 saturated heterocycles. The van der Waals surface area contributed by atoms with Crippen LogP contribution in [0.5, 0.6) is 0 Å². The SMILES string of the molecule is CCC(NS(=O)(=O)c1ccc(NC)c([N+](=O)[O-])c1)C(C)C. The van der Waals surface area contributed by atoms with Crippen molar-refractivity contribution in [1.29, 1.82) is 0 Å². The maximum absolute atomic E-state index is 12.3. The first-order chi connectivity index (χ1) is 9.72. The van der Waals surface area contributed by atoms with Gasteiger partial charge >= 0.3 is 0 Å². The zero-order valence-electron chi connectivity index (χ0n) is 12.6. The van der Waals surface area contributed by atoms with Gasteiger partial charge in [-0.05, 0) is 24.5 Å². The fourth-order valence-electron chi connectivity index (χ4n) is 2.00. The molecular formula is C13H21N3O4S. The van der Waals surface area contributed by atoms with Crippen LogP contribution in [0.15, 0.2) is 23.1 Å². The monoisotopic (exact) mass is 315 g/mol. The predicted octanol–water partition coefficient (Wildman–Crippen LogP) is 2.35. The number of nitrogens with zero attached hydrogens (tertiary/aromatic N) is 1. The average Bonchev–Trinajstić information content (AvgIpc) is 2.43. The topological polar surface area (TPSA) is 101 Å². The third-order valence-corrected chi connectivity index (χ3v) is 4.78. The van der Waals surface area contributed by atoms with Gasteiger partial charge in [0.2, 0.25) is 10.0 Å². The van der Waals surface area contributed by atoms with Crippen LogP contribution in [0.1, 0.15) is 27.2 Å². The van der Waals surface area contributed by atoms with E-state index >= 15 is 0 Å². The third-order valence-electron chi connectivity index (χ3n) is 3.30. The number of nitro benzene ring substituents is 1. The van der Waals surface area contributed by atoms with Crippen LogP contribution in [0.3, 0.4) is 0 Å². The van der Waals surface area contributed by atoms with Gasteiger partial charge in [-0.1, -0.05) is 20.8 Å². The molecule has 2 N–H and O–H groups in total. The summed E-state index contributed by atoms with van der Waals surface area (Å²) in [5.74, 6) is 0.136. The Morgan fingerprint density at radius 2 is 1.95 bits per heavy atom. The van der Waals surface area contributed by atoms with Crippen LogP contribution in [0.4, 0.5) is 11.4 Å². The number of hydrogen-bond acceptors (Lipinski definition) is 5. The molecule has 0 aliphatic heterocycles. The van der Waals surface area contributed by atoms with Gasteiger partial charge in [-0.15, -0.1) is 0 Å². The second-order valence-corrected chi connectivity index (χ2v) is 6.78. The molecule has 0 bridgehead atoms. The van der Waals surface area contributed by atoms with Crippen molar-refractivity contribution in [2.75, 3.05) is 12.4 Å². The van der Waals surface area contributed by atoms with Crippen LogP contribution in [0.25, 0.3) is 0 Å². The van der Waals surface area contributed by atoms with Crippen LogP contribution in [0.2, 0.25) is 0 Å². The Hall–Kier alpha value is -1.67. The first-order valence-electron chi connectivity index (χ1n) is 6.71. The molecule has 0 saturated carbocycles. The minimum Gasteiger partial charge on any atom is -0.383 e. The van der Waals surface area contributed by atoms with E-state index in [1.54, 1.807) is 7.05 Å². The molecule has 118 valence electrons. The van der Waals surface area contributed by atoms with Gasteiger partial charge in [0.25, 0.3) is 5.69 Å². The van der Waals surface area contributed by atoms with E-state index in [0.717, 1.165) is 6.07 Å². The summed E-state index contributed by atoms with van der Waals surface area (Å²) in [5, 5.41) is 13.7. The van der Waals surface area contributed by atoms with Gasteiger partial charge in [0.05, 0.1) is 9.82 Å². The Bertz CT molecular complexity index is 614. The molecule has 1 aromatic rings. The maximum Gasteiger partial charge on any atom is 0.293 e. The quantitative estimate of drug-likeness (QED) is 0.594. The Labute approximate surface area is 124 Å². The van der Waals surface area contributed by atoms with Gasteiger partial charge in [0.1, 0.15) is 5.69 Å². The summed E-state index contributed by atoms with van der Waals surface area (Å²) in [4.78, 5) is 10.3. The highest BCUT2D eigenvalue weighted by Gasteiger charge is 2.24. The smallest absolute Gasteiger partial charge is 0.293 e. The number of anilines is 1. The molecule has 0 aliphatic rings. The Kier molecular flexibility index (Phi) is 5.68. The number of nitro groups is 1. The van der Waals surface area contributed by atoms with E-state index in [0.29, 0.717) is 6.42 Å². The number of benzene rings is 1. The summed E-state index contributed by atoms with van der Waals surface area (Å²) >= 11 is 0. The molecule has 0 heterocycles. The summed E-state index contributed by atoms with van der Waals surface area (Å²) < 4.78 is 27.2. The second kappa shape index (κ2) is 6.86. The lowest BCUT2D eigenvalue weighted by Gasteiger charge is -2.20. The van der Waals surface area contributed by atoms with E-state index in [9.17, 15) is 18.5 Å². The molecule has 1 aromatic carbocycles.